The molecule has 0 aliphatic heterocycles. The van der Waals surface area contributed by atoms with Gasteiger partial charge in [0, 0.05) is 5.75 Å². The van der Waals surface area contributed by atoms with E-state index in [4.69, 9.17) is 0 Å². The smallest absolute Gasteiger partial charge is 0.152 e. The van der Waals surface area contributed by atoms with Crippen molar-refractivity contribution in [2.45, 2.75) is 37.9 Å². The molecule has 0 saturated heterocycles. The van der Waals surface area contributed by atoms with Crippen LogP contribution in [-0.2, 0) is 9.84 Å². The van der Waals surface area contributed by atoms with Crippen LogP contribution in [0.25, 0.3) is 0 Å². The van der Waals surface area contributed by atoms with Gasteiger partial charge >= 0.3 is 0 Å². The maximum absolute atomic E-state index is 11.2. The van der Waals surface area contributed by atoms with E-state index < -0.39 is 9.84 Å². The zero-order valence-electron chi connectivity index (χ0n) is 6.34. The molecule has 0 amide bonds. The maximum Gasteiger partial charge on any atom is 0.152 e. The molecule has 0 N–H and O–H groups in total. The fraction of sp³-hybridized carbons (Fsp3) is 1.00. The van der Waals surface area contributed by atoms with Gasteiger partial charge in [-0.1, -0.05) is 19.8 Å². The molecule has 3 heteroatoms. The van der Waals surface area contributed by atoms with Gasteiger partial charge in [-0.15, -0.1) is 0 Å². The number of rotatable bonds is 2. The molecule has 0 radical (unpaired) electrons. The van der Waals surface area contributed by atoms with Crippen LogP contribution in [0.15, 0.2) is 0 Å². The minimum absolute atomic E-state index is 0.00231. The Morgan fingerprint density at radius 2 is 1.80 bits per heavy atom. The Labute approximate surface area is 62.5 Å². The van der Waals surface area contributed by atoms with Crippen LogP contribution in [-0.4, -0.2) is 19.4 Å². The summed E-state index contributed by atoms with van der Waals surface area (Å²) in [5, 5.41) is -0.00231. The van der Waals surface area contributed by atoms with Crippen LogP contribution in [0, 0.1) is 0 Å². The first-order valence-electron chi connectivity index (χ1n) is 3.88. The van der Waals surface area contributed by atoms with E-state index in [2.05, 4.69) is 0 Å². The molecule has 0 spiro atoms. The summed E-state index contributed by atoms with van der Waals surface area (Å²) in [5.41, 5.74) is 0. The normalized spacial score (nSPS) is 21.7. The SMILES string of the molecule is CCS(=O)(=O)C1CCCC1. The third-order valence-electron chi connectivity index (χ3n) is 2.21. The second kappa shape index (κ2) is 2.91. The van der Waals surface area contributed by atoms with Gasteiger partial charge in [0.1, 0.15) is 0 Å². The first-order chi connectivity index (χ1) is 4.67. The monoisotopic (exact) mass is 162 g/mol. The zero-order chi connectivity index (χ0) is 7.61. The summed E-state index contributed by atoms with van der Waals surface area (Å²) >= 11 is 0. The van der Waals surface area contributed by atoms with Crippen molar-refractivity contribution in [2.75, 3.05) is 5.75 Å². The molecule has 10 heavy (non-hydrogen) atoms. The van der Waals surface area contributed by atoms with Crippen LogP contribution < -0.4 is 0 Å². The molecule has 0 unspecified atom stereocenters. The van der Waals surface area contributed by atoms with E-state index in [1.165, 1.54) is 0 Å². The fourth-order valence-electron chi connectivity index (χ4n) is 1.48. The third kappa shape index (κ3) is 1.51. The van der Waals surface area contributed by atoms with Crippen LogP contribution in [0.1, 0.15) is 32.6 Å². The lowest BCUT2D eigenvalue weighted by Gasteiger charge is -2.06. The summed E-state index contributed by atoms with van der Waals surface area (Å²) in [6, 6.07) is 0. The van der Waals surface area contributed by atoms with E-state index in [0.717, 1.165) is 25.7 Å². The highest BCUT2D eigenvalue weighted by molar-refractivity contribution is 7.92. The molecule has 0 bridgehead atoms. The lowest BCUT2D eigenvalue weighted by molar-refractivity contribution is 0.581. The summed E-state index contributed by atoms with van der Waals surface area (Å²) < 4.78 is 22.4. The molecule has 0 aromatic rings. The lowest BCUT2D eigenvalue weighted by atomic mass is 10.4. The largest absolute Gasteiger partial charge is 0.229 e. The van der Waals surface area contributed by atoms with Gasteiger partial charge in [0.25, 0.3) is 0 Å². The Bertz CT molecular complexity index is 188. The van der Waals surface area contributed by atoms with E-state index in [0.29, 0.717) is 5.75 Å². The zero-order valence-corrected chi connectivity index (χ0v) is 7.15. The maximum atomic E-state index is 11.2. The van der Waals surface area contributed by atoms with Crippen LogP contribution in [0.5, 0.6) is 0 Å². The Morgan fingerprint density at radius 1 is 1.30 bits per heavy atom. The molecule has 0 aromatic heterocycles. The second-order valence-corrected chi connectivity index (χ2v) is 5.43. The van der Waals surface area contributed by atoms with E-state index in [-0.39, 0.29) is 5.25 Å². The summed E-state index contributed by atoms with van der Waals surface area (Å²) in [6.07, 6.45) is 4.00. The minimum Gasteiger partial charge on any atom is -0.229 e. The highest BCUT2D eigenvalue weighted by Gasteiger charge is 2.26. The summed E-state index contributed by atoms with van der Waals surface area (Å²) in [5.74, 6) is 0.317. The Balaban J connectivity index is 2.63. The van der Waals surface area contributed by atoms with Crippen LogP contribution in [0.3, 0.4) is 0 Å². The lowest BCUT2D eigenvalue weighted by Crippen LogP contribution is -2.19. The number of sulfone groups is 1. The van der Waals surface area contributed by atoms with Gasteiger partial charge in [-0.3, -0.25) is 0 Å². The highest BCUT2D eigenvalue weighted by Crippen LogP contribution is 2.24. The van der Waals surface area contributed by atoms with Gasteiger partial charge in [-0.05, 0) is 12.8 Å². The molecule has 1 aliphatic rings. The number of hydrogen-bond acceptors (Lipinski definition) is 2. The third-order valence-corrected chi connectivity index (χ3v) is 4.50. The van der Waals surface area contributed by atoms with Crippen LogP contribution >= 0.6 is 0 Å². The quantitative estimate of drug-likeness (QED) is 0.614. The van der Waals surface area contributed by atoms with Gasteiger partial charge < -0.3 is 0 Å². The van der Waals surface area contributed by atoms with E-state index in [1.807, 2.05) is 0 Å². The fourth-order valence-corrected chi connectivity index (χ4v) is 3.01. The predicted molar refractivity (Wildman–Crippen MR) is 41.7 cm³/mol. The predicted octanol–water partition coefficient (Wildman–Crippen LogP) is 1.36. The van der Waals surface area contributed by atoms with Crippen LogP contribution in [0.2, 0.25) is 0 Å². The van der Waals surface area contributed by atoms with E-state index in [1.54, 1.807) is 6.92 Å². The van der Waals surface area contributed by atoms with Crippen molar-refractivity contribution in [3.8, 4) is 0 Å². The first-order valence-corrected chi connectivity index (χ1v) is 5.60. The first kappa shape index (κ1) is 8.05. The summed E-state index contributed by atoms with van der Waals surface area (Å²) in [6.45, 7) is 1.73. The molecule has 1 saturated carbocycles. The average molecular weight is 162 g/mol. The van der Waals surface area contributed by atoms with Crippen molar-refractivity contribution < 1.29 is 8.42 Å². The van der Waals surface area contributed by atoms with Crippen molar-refractivity contribution in [3.05, 3.63) is 0 Å². The van der Waals surface area contributed by atoms with Crippen molar-refractivity contribution in [1.29, 1.82) is 0 Å². The van der Waals surface area contributed by atoms with Crippen molar-refractivity contribution in [2.24, 2.45) is 0 Å². The second-order valence-electron chi connectivity index (χ2n) is 2.86. The summed E-state index contributed by atoms with van der Waals surface area (Å²) in [4.78, 5) is 0. The molecule has 60 valence electrons. The summed E-state index contributed by atoms with van der Waals surface area (Å²) in [7, 11) is -2.70. The molecule has 0 heterocycles. The Hall–Kier alpha value is -0.0500. The molecule has 0 atom stereocenters. The Morgan fingerprint density at radius 3 is 2.20 bits per heavy atom. The Kier molecular flexibility index (Phi) is 2.34. The minimum atomic E-state index is -2.70. The molecular weight excluding hydrogens is 148 g/mol. The van der Waals surface area contributed by atoms with E-state index >= 15 is 0 Å². The van der Waals surface area contributed by atoms with Crippen molar-refractivity contribution in [3.63, 3.8) is 0 Å². The number of hydrogen-bond donors (Lipinski definition) is 0. The molecule has 1 rings (SSSR count). The highest BCUT2D eigenvalue weighted by atomic mass is 32.2. The molecule has 2 nitrogen and oxygen atoms in total. The molecule has 1 aliphatic carbocycles. The van der Waals surface area contributed by atoms with Gasteiger partial charge in [0.2, 0.25) is 0 Å². The van der Waals surface area contributed by atoms with Gasteiger partial charge in [-0.2, -0.15) is 0 Å². The van der Waals surface area contributed by atoms with E-state index in [9.17, 15) is 8.42 Å². The molecule has 1 fully saturated rings. The van der Waals surface area contributed by atoms with Crippen LogP contribution in [0.4, 0.5) is 0 Å². The van der Waals surface area contributed by atoms with Gasteiger partial charge in [0.15, 0.2) is 9.84 Å². The molecular formula is C7H14O2S. The van der Waals surface area contributed by atoms with Crippen molar-refractivity contribution in [1.82, 2.24) is 0 Å². The van der Waals surface area contributed by atoms with Gasteiger partial charge in [-0.25, -0.2) is 8.42 Å². The standard InChI is InChI=1S/C7H14O2S/c1-2-10(8,9)7-5-3-4-6-7/h7H,2-6H2,1H3. The van der Waals surface area contributed by atoms with Gasteiger partial charge in [0.05, 0.1) is 5.25 Å². The average Bonchev–Trinajstić information content (AvgIpc) is 2.38. The topological polar surface area (TPSA) is 34.1 Å². The molecule has 0 aromatic carbocycles. The van der Waals surface area contributed by atoms with Crippen molar-refractivity contribution >= 4 is 9.84 Å².